The largest absolute Gasteiger partial charge is 0.315 e. The lowest BCUT2D eigenvalue weighted by atomic mass is 10.1. The molecule has 1 fully saturated rings. The van der Waals surface area contributed by atoms with Gasteiger partial charge in [-0.1, -0.05) is 6.92 Å². The number of nitrogens with one attached hydrogen (secondary N) is 2. The lowest BCUT2D eigenvalue weighted by Gasteiger charge is -2.22. The predicted molar refractivity (Wildman–Crippen MR) is 55.4 cm³/mol. The third-order valence-corrected chi connectivity index (χ3v) is 2.55. The standard InChI is InChI=1S/C9H20N4O/c1-8(9(14)12-10)7-13-5-2-3-11-4-6-13/h8,11H,2-7,10H2,1H3,(H,12,14). The van der Waals surface area contributed by atoms with E-state index in [1.54, 1.807) is 0 Å². The van der Waals surface area contributed by atoms with Crippen molar-refractivity contribution in [3.8, 4) is 0 Å². The fraction of sp³-hybridized carbons (Fsp3) is 0.889. The highest BCUT2D eigenvalue weighted by molar-refractivity contribution is 5.77. The van der Waals surface area contributed by atoms with E-state index in [-0.39, 0.29) is 11.8 Å². The molecule has 0 saturated carbocycles. The molecule has 0 radical (unpaired) electrons. The summed E-state index contributed by atoms with van der Waals surface area (Å²) in [5.41, 5.74) is 2.19. The third kappa shape index (κ3) is 3.61. The SMILES string of the molecule is CC(CN1CCCNCC1)C(=O)NN. The maximum absolute atomic E-state index is 11.2. The van der Waals surface area contributed by atoms with Gasteiger partial charge in [0.25, 0.3) is 0 Å². The Morgan fingerprint density at radius 1 is 1.57 bits per heavy atom. The van der Waals surface area contributed by atoms with Crippen molar-refractivity contribution in [1.82, 2.24) is 15.6 Å². The highest BCUT2D eigenvalue weighted by Gasteiger charge is 2.16. The van der Waals surface area contributed by atoms with Gasteiger partial charge in [0.2, 0.25) is 5.91 Å². The maximum atomic E-state index is 11.2. The number of carbonyl (C=O) groups is 1. The van der Waals surface area contributed by atoms with Crippen LogP contribution in [0.25, 0.3) is 0 Å². The molecule has 0 spiro atoms. The van der Waals surface area contributed by atoms with Gasteiger partial charge in [-0.05, 0) is 19.5 Å². The second-order valence-corrected chi connectivity index (χ2v) is 3.81. The van der Waals surface area contributed by atoms with Gasteiger partial charge >= 0.3 is 0 Å². The first-order chi connectivity index (χ1) is 6.74. The molecule has 14 heavy (non-hydrogen) atoms. The van der Waals surface area contributed by atoms with Crippen LogP contribution in [-0.4, -0.2) is 43.5 Å². The summed E-state index contributed by atoms with van der Waals surface area (Å²) in [5, 5.41) is 3.33. The minimum Gasteiger partial charge on any atom is -0.315 e. The third-order valence-electron chi connectivity index (χ3n) is 2.55. The van der Waals surface area contributed by atoms with E-state index >= 15 is 0 Å². The van der Waals surface area contributed by atoms with Crippen molar-refractivity contribution in [3.05, 3.63) is 0 Å². The second kappa shape index (κ2) is 5.95. The van der Waals surface area contributed by atoms with E-state index in [0.717, 1.165) is 39.1 Å². The van der Waals surface area contributed by atoms with E-state index in [9.17, 15) is 4.79 Å². The van der Waals surface area contributed by atoms with Crippen LogP contribution < -0.4 is 16.6 Å². The number of hydrazine groups is 1. The van der Waals surface area contributed by atoms with E-state index in [2.05, 4.69) is 15.6 Å². The topological polar surface area (TPSA) is 70.4 Å². The Morgan fingerprint density at radius 2 is 2.36 bits per heavy atom. The molecular weight excluding hydrogens is 180 g/mol. The summed E-state index contributed by atoms with van der Waals surface area (Å²) in [7, 11) is 0. The summed E-state index contributed by atoms with van der Waals surface area (Å²) >= 11 is 0. The fourth-order valence-electron chi connectivity index (χ4n) is 1.70. The van der Waals surface area contributed by atoms with Gasteiger partial charge in [0.05, 0.1) is 0 Å². The summed E-state index contributed by atoms with van der Waals surface area (Å²) in [6.45, 7) is 6.87. The number of nitrogens with two attached hydrogens (primary N) is 1. The molecule has 1 rings (SSSR count). The molecule has 5 heteroatoms. The van der Waals surface area contributed by atoms with E-state index in [1.165, 1.54) is 0 Å². The first-order valence-electron chi connectivity index (χ1n) is 5.17. The van der Waals surface area contributed by atoms with Crippen LogP contribution in [0.2, 0.25) is 0 Å². The summed E-state index contributed by atoms with van der Waals surface area (Å²) in [6, 6.07) is 0. The Morgan fingerprint density at radius 3 is 3.07 bits per heavy atom. The average Bonchev–Trinajstić information content (AvgIpc) is 2.45. The Bertz CT molecular complexity index is 178. The molecular formula is C9H20N4O. The molecule has 1 unspecified atom stereocenters. The van der Waals surface area contributed by atoms with Crippen LogP contribution in [0.1, 0.15) is 13.3 Å². The van der Waals surface area contributed by atoms with E-state index in [1.807, 2.05) is 6.92 Å². The lowest BCUT2D eigenvalue weighted by molar-refractivity contribution is -0.125. The van der Waals surface area contributed by atoms with Crippen LogP contribution in [-0.2, 0) is 4.79 Å². The molecule has 0 aromatic carbocycles. The molecule has 5 nitrogen and oxygen atoms in total. The summed E-state index contributed by atoms with van der Waals surface area (Å²) in [5.74, 6) is 4.97. The van der Waals surface area contributed by atoms with Gasteiger partial charge in [-0.25, -0.2) is 5.84 Å². The number of hydrogen-bond donors (Lipinski definition) is 3. The molecule has 0 aliphatic carbocycles. The fourth-order valence-corrected chi connectivity index (χ4v) is 1.70. The number of hydrogen-bond acceptors (Lipinski definition) is 4. The van der Waals surface area contributed by atoms with Crippen LogP contribution in [0.4, 0.5) is 0 Å². The van der Waals surface area contributed by atoms with Gasteiger partial charge in [-0.2, -0.15) is 0 Å². The zero-order valence-corrected chi connectivity index (χ0v) is 8.75. The highest BCUT2D eigenvalue weighted by atomic mass is 16.2. The van der Waals surface area contributed by atoms with Gasteiger partial charge in [0.15, 0.2) is 0 Å². The minimum absolute atomic E-state index is 0.0295. The van der Waals surface area contributed by atoms with Crippen molar-refractivity contribution in [2.45, 2.75) is 13.3 Å². The molecule has 1 saturated heterocycles. The molecule has 4 N–H and O–H groups in total. The maximum Gasteiger partial charge on any atom is 0.237 e. The monoisotopic (exact) mass is 200 g/mol. The van der Waals surface area contributed by atoms with E-state index in [4.69, 9.17) is 5.84 Å². The van der Waals surface area contributed by atoms with Crippen LogP contribution >= 0.6 is 0 Å². The zero-order chi connectivity index (χ0) is 10.4. The smallest absolute Gasteiger partial charge is 0.237 e. The normalized spacial score (nSPS) is 21.3. The quantitative estimate of drug-likeness (QED) is 0.307. The minimum atomic E-state index is -0.0813. The summed E-state index contributed by atoms with van der Waals surface area (Å²) < 4.78 is 0. The molecule has 1 aliphatic heterocycles. The van der Waals surface area contributed by atoms with Gasteiger partial charge in [0.1, 0.15) is 0 Å². The Hall–Kier alpha value is -0.650. The van der Waals surface area contributed by atoms with Crippen molar-refractivity contribution >= 4 is 5.91 Å². The number of nitrogens with zero attached hydrogens (tertiary/aromatic N) is 1. The van der Waals surface area contributed by atoms with Gasteiger partial charge in [0, 0.05) is 25.6 Å². The van der Waals surface area contributed by atoms with Crippen molar-refractivity contribution in [2.24, 2.45) is 11.8 Å². The number of carbonyl (C=O) groups excluding carboxylic acids is 1. The van der Waals surface area contributed by atoms with Crippen LogP contribution in [0.15, 0.2) is 0 Å². The molecule has 1 amide bonds. The molecule has 1 atom stereocenters. The lowest BCUT2D eigenvalue weighted by Crippen LogP contribution is -2.41. The molecule has 0 aromatic rings. The summed E-state index contributed by atoms with van der Waals surface area (Å²) in [6.07, 6.45) is 1.15. The molecule has 1 heterocycles. The van der Waals surface area contributed by atoms with Crippen LogP contribution in [0.3, 0.4) is 0 Å². The number of amides is 1. The van der Waals surface area contributed by atoms with E-state index < -0.39 is 0 Å². The van der Waals surface area contributed by atoms with Crippen LogP contribution in [0, 0.1) is 5.92 Å². The van der Waals surface area contributed by atoms with Gasteiger partial charge in [-0.3, -0.25) is 10.2 Å². The van der Waals surface area contributed by atoms with Crippen molar-refractivity contribution < 1.29 is 4.79 Å². The molecule has 0 bridgehead atoms. The molecule has 1 aliphatic rings. The molecule has 0 aromatic heterocycles. The predicted octanol–water partition coefficient (Wildman–Crippen LogP) is -1.09. The van der Waals surface area contributed by atoms with Gasteiger partial charge in [-0.15, -0.1) is 0 Å². The van der Waals surface area contributed by atoms with Crippen molar-refractivity contribution in [1.29, 1.82) is 0 Å². The highest BCUT2D eigenvalue weighted by Crippen LogP contribution is 2.02. The summed E-state index contributed by atoms with van der Waals surface area (Å²) in [4.78, 5) is 13.5. The second-order valence-electron chi connectivity index (χ2n) is 3.81. The number of rotatable bonds is 3. The van der Waals surface area contributed by atoms with Gasteiger partial charge < -0.3 is 10.2 Å². The first-order valence-corrected chi connectivity index (χ1v) is 5.17. The Balaban J connectivity index is 2.30. The van der Waals surface area contributed by atoms with Crippen LogP contribution in [0.5, 0.6) is 0 Å². The average molecular weight is 200 g/mol. The Kier molecular flexibility index (Phi) is 4.86. The Labute approximate surface area is 85.0 Å². The zero-order valence-electron chi connectivity index (χ0n) is 8.75. The first kappa shape index (κ1) is 11.4. The molecule has 82 valence electrons. The van der Waals surface area contributed by atoms with Crippen molar-refractivity contribution in [3.63, 3.8) is 0 Å². The van der Waals surface area contributed by atoms with Crippen molar-refractivity contribution in [2.75, 3.05) is 32.7 Å². The van der Waals surface area contributed by atoms with E-state index in [0.29, 0.717) is 0 Å².